The average molecular weight is 176 g/mol. The van der Waals surface area contributed by atoms with Crippen LogP contribution in [0.1, 0.15) is 41.6 Å². The molecule has 0 atom stereocenters. The second kappa shape index (κ2) is 2.87. The molecule has 1 aliphatic carbocycles. The van der Waals surface area contributed by atoms with E-state index in [-0.39, 0.29) is 11.5 Å². The first kappa shape index (κ1) is 8.30. The summed E-state index contributed by atoms with van der Waals surface area (Å²) in [4.78, 5) is 11.1. The van der Waals surface area contributed by atoms with E-state index >= 15 is 0 Å². The summed E-state index contributed by atoms with van der Waals surface area (Å²) in [6.45, 7) is 1.48. The fourth-order valence-electron chi connectivity index (χ4n) is 1.51. The summed E-state index contributed by atoms with van der Waals surface area (Å²) in [5.74, 6) is 0.649. The molecule has 68 valence electrons. The van der Waals surface area contributed by atoms with Gasteiger partial charge in [0.05, 0.1) is 5.56 Å². The number of hydrogen-bond donors (Lipinski definition) is 1. The third-order valence-electron chi connectivity index (χ3n) is 2.45. The van der Waals surface area contributed by atoms with Crippen LogP contribution in [-0.4, -0.2) is 10.9 Å². The zero-order valence-electron chi connectivity index (χ0n) is 7.58. The number of carbonyl (C=O) groups excluding carboxylic acids is 1. The molecule has 2 nitrogen and oxygen atoms in total. The van der Waals surface area contributed by atoms with Gasteiger partial charge in [0.2, 0.25) is 0 Å². The van der Waals surface area contributed by atoms with Gasteiger partial charge in [-0.3, -0.25) is 4.79 Å². The Morgan fingerprint density at radius 3 is 2.69 bits per heavy atom. The third kappa shape index (κ3) is 1.57. The smallest absolute Gasteiger partial charge is 0.163 e. The van der Waals surface area contributed by atoms with Crippen molar-refractivity contribution in [2.24, 2.45) is 0 Å². The molecule has 0 unspecified atom stereocenters. The Labute approximate surface area is 77.2 Å². The molecule has 13 heavy (non-hydrogen) atoms. The monoisotopic (exact) mass is 176 g/mol. The van der Waals surface area contributed by atoms with Gasteiger partial charge in [-0.1, -0.05) is 6.07 Å². The number of Topliss-reactive ketones (excluding diaryl/α,β-unsaturated/α-hetero) is 1. The minimum atomic E-state index is -0.0694. The van der Waals surface area contributed by atoms with Crippen LogP contribution in [0.5, 0.6) is 5.75 Å². The first-order valence-electron chi connectivity index (χ1n) is 4.52. The molecular weight excluding hydrogens is 164 g/mol. The normalized spacial score (nSPS) is 15.8. The van der Waals surface area contributed by atoms with Gasteiger partial charge >= 0.3 is 0 Å². The Morgan fingerprint density at radius 2 is 2.15 bits per heavy atom. The molecule has 0 amide bonds. The minimum absolute atomic E-state index is 0.0694. The number of phenols is 1. The van der Waals surface area contributed by atoms with Gasteiger partial charge in [-0.05, 0) is 43.4 Å². The number of rotatable bonds is 2. The summed E-state index contributed by atoms with van der Waals surface area (Å²) >= 11 is 0. The van der Waals surface area contributed by atoms with Crippen molar-refractivity contribution in [3.63, 3.8) is 0 Å². The van der Waals surface area contributed by atoms with Crippen molar-refractivity contribution in [2.75, 3.05) is 0 Å². The Kier molecular flexibility index (Phi) is 1.83. The van der Waals surface area contributed by atoms with Crippen LogP contribution in [-0.2, 0) is 0 Å². The van der Waals surface area contributed by atoms with E-state index in [4.69, 9.17) is 0 Å². The summed E-state index contributed by atoms with van der Waals surface area (Å²) < 4.78 is 0. The maximum absolute atomic E-state index is 11.1. The molecule has 0 bridgehead atoms. The summed E-state index contributed by atoms with van der Waals surface area (Å²) in [5, 5.41) is 9.39. The molecule has 0 aromatic heterocycles. The van der Waals surface area contributed by atoms with E-state index in [9.17, 15) is 9.90 Å². The lowest BCUT2D eigenvalue weighted by Crippen LogP contribution is -1.94. The van der Waals surface area contributed by atoms with E-state index in [2.05, 4.69) is 0 Å². The molecule has 0 aliphatic heterocycles. The van der Waals surface area contributed by atoms with Gasteiger partial charge in [0.25, 0.3) is 0 Å². The lowest BCUT2D eigenvalue weighted by Gasteiger charge is -2.03. The van der Waals surface area contributed by atoms with Crippen molar-refractivity contribution in [3.05, 3.63) is 29.3 Å². The number of ketones is 1. The van der Waals surface area contributed by atoms with Crippen LogP contribution in [0.4, 0.5) is 0 Å². The Hall–Kier alpha value is -1.31. The lowest BCUT2D eigenvalue weighted by atomic mass is 10.0. The maximum Gasteiger partial charge on any atom is 0.163 e. The number of hydrogen-bond acceptors (Lipinski definition) is 2. The van der Waals surface area contributed by atoms with E-state index in [1.165, 1.54) is 25.3 Å². The molecule has 1 aromatic rings. The van der Waals surface area contributed by atoms with Crippen LogP contribution < -0.4 is 0 Å². The number of phenolic OH excluding ortho intramolecular Hbond substituents is 1. The highest BCUT2D eigenvalue weighted by molar-refractivity contribution is 5.96. The number of aromatic hydroxyl groups is 1. The van der Waals surface area contributed by atoms with Gasteiger partial charge in [0.15, 0.2) is 5.78 Å². The van der Waals surface area contributed by atoms with Crippen LogP contribution in [0.3, 0.4) is 0 Å². The van der Waals surface area contributed by atoms with Gasteiger partial charge < -0.3 is 5.11 Å². The maximum atomic E-state index is 11.1. The second-order valence-corrected chi connectivity index (χ2v) is 3.61. The topological polar surface area (TPSA) is 37.3 Å². The predicted octanol–water partition coefficient (Wildman–Crippen LogP) is 2.47. The second-order valence-electron chi connectivity index (χ2n) is 3.61. The molecule has 1 aromatic carbocycles. The van der Waals surface area contributed by atoms with Gasteiger partial charge in [-0.2, -0.15) is 0 Å². The van der Waals surface area contributed by atoms with Gasteiger partial charge in [0, 0.05) is 0 Å². The summed E-state index contributed by atoms with van der Waals surface area (Å²) in [5.41, 5.74) is 1.63. The fraction of sp³-hybridized carbons (Fsp3) is 0.364. The first-order valence-corrected chi connectivity index (χ1v) is 4.52. The molecule has 0 heterocycles. The molecule has 1 N–H and O–H groups in total. The quantitative estimate of drug-likeness (QED) is 0.703. The molecule has 1 fully saturated rings. The molecular formula is C11H12O2. The highest BCUT2D eigenvalue weighted by Crippen LogP contribution is 2.41. The molecule has 0 spiro atoms. The van der Waals surface area contributed by atoms with Crippen molar-refractivity contribution < 1.29 is 9.90 Å². The van der Waals surface area contributed by atoms with Crippen molar-refractivity contribution in [1.82, 2.24) is 0 Å². The van der Waals surface area contributed by atoms with Crippen LogP contribution in [0.25, 0.3) is 0 Å². The van der Waals surface area contributed by atoms with Crippen molar-refractivity contribution in [2.45, 2.75) is 25.7 Å². The molecule has 1 saturated carbocycles. The van der Waals surface area contributed by atoms with Gasteiger partial charge in [-0.15, -0.1) is 0 Å². The van der Waals surface area contributed by atoms with E-state index < -0.39 is 0 Å². The van der Waals surface area contributed by atoms with Crippen molar-refractivity contribution >= 4 is 5.78 Å². The van der Waals surface area contributed by atoms with Crippen LogP contribution >= 0.6 is 0 Å². The predicted molar refractivity (Wildman–Crippen MR) is 50.1 cm³/mol. The van der Waals surface area contributed by atoms with Gasteiger partial charge in [0.1, 0.15) is 5.75 Å². The van der Waals surface area contributed by atoms with Crippen LogP contribution in [0.15, 0.2) is 18.2 Å². The molecule has 2 rings (SSSR count). The summed E-state index contributed by atoms with van der Waals surface area (Å²) in [7, 11) is 0. The Balaban J connectivity index is 2.41. The van der Waals surface area contributed by atoms with Gasteiger partial charge in [-0.25, -0.2) is 0 Å². The van der Waals surface area contributed by atoms with Crippen molar-refractivity contribution in [1.29, 1.82) is 0 Å². The van der Waals surface area contributed by atoms with E-state index in [1.807, 2.05) is 12.1 Å². The number of carbonyl (C=O) groups is 1. The zero-order valence-corrected chi connectivity index (χ0v) is 7.58. The summed E-state index contributed by atoms with van der Waals surface area (Å²) in [6, 6.07) is 5.33. The molecule has 0 saturated heterocycles. The Bertz CT molecular complexity index is 351. The first-order chi connectivity index (χ1) is 6.18. The van der Waals surface area contributed by atoms with Crippen LogP contribution in [0.2, 0.25) is 0 Å². The highest BCUT2D eigenvalue weighted by atomic mass is 16.3. The molecule has 0 radical (unpaired) electrons. The zero-order chi connectivity index (χ0) is 9.42. The number of benzene rings is 1. The molecule has 2 heteroatoms. The third-order valence-corrected chi connectivity index (χ3v) is 2.45. The van der Waals surface area contributed by atoms with E-state index in [0.717, 1.165) is 0 Å². The SMILES string of the molecule is CC(=O)c1cc(C2CC2)ccc1O. The minimum Gasteiger partial charge on any atom is -0.507 e. The summed E-state index contributed by atoms with van der Waals surface area (Å²) in [6.07, 6.45) is 2.42. The fourth-order valence-corrected chi connectivity index (χ4v) is 1.51. The van der Waals surface area contributed by atoms with E-state index in [1.54, 1.807) is 6.07 Å². The Morgan fingerprint density at radius 1 is 1.46 bits per heavy atom. The lowest BCUT2D eigenvalue weighted by molar-refractivity contribution is 0.101. The van der Waals surface area contributed by atoms with Crippen LogP contribution in [0, 0.1) is 0 Å². The van der Waals surface area contributed by atoms with Crippen molar-refractivity contribution in [3.8, 4) is 5.75 Å². The average Bonchev–Trinajstić information content (AvgIpc) is 2.87. The highest BCUT2D eigenvalue weighted by Gasteiger charge is 2.24. The molecule has 1 aliphatic rings. The standard InChI is InChI=1S/C11H12O2/c1-7(12)10-6-9(8-2-3-8)4-5-11(10)13/h4-6,8,13H,2-3H2,1H3. The largest absolute Gasteiger partial charge is 0.507 e. The van der Waals surface area contributed by atoms with E-state index in [0.29, 0.717) is 11.5 Å².